The number of nitrogens with zero attached hydrogens (tertiary/aromatic N) is 2. The summed E-state index contributed by atoms with van der Waals surface area (Å²) in [5, 5.41) is 20.3. The normalized spacial score (nSPS) is 27.4. The van der Waals surface area contributed by atoms with Gasteiger partial charge in [-0.2, -0.15) is 0 Å². The number of thioether (sulfide) groups is 1. The molecular formula is C21H21ClFN3O3S. The lowest BCUT2D eigenvalue weighted by Gasteiger charge is -2.34. The molecule has 1 aliphatic heterocycles. The van der Waals surface area contributed by atoms with Gasteiger partial charge in [-0.15, -0.1) is 0 Å². The summed E-state index contributed by atoms with van der Waals surface area (Å²) in [5.41, 5.74) is 6.16. The maximum atomic E-state index is 15.3. The highest BCUT2D eigenvalue weighted by Gasteiger charge is 2.66. The second kappa shape index (κ2) is 7.60. The average molecular weight is 450 g/mol. The SMILES string of the molecule is C[C@]1(c2cc(CC(=O)c3ccc(Cl)cn3)cc(CO)c2F)N=C(N)S[C@@]2(CO)C[C@H]21. The number of hydrogen-bond donors (Lipinski definition) is 3. The number of nitrogens with two attached hydrogens (primary N) is 1. The van der Waals surface area contributed by atoms with Crippen LogP contribution in [0.3, 0.4) is 0 Å². The van der Waals surface area contributed by atoms with E-state index in [-0.39, 0.29) is 46.7 Å². The highest BCUT2D eigenvalue weighted by Crippen LogP contribution is 2.65. The minimum absolute atomic E-state index is 0.0191. The van der Waals surface area contributed by atoms with Gasteiger partial charge in [-0.1, -0.05) is 29.4 Å². The van der Waals surface area contributed by atoms with Gasteiger partial charge in [0.15, 0.2) is 11.0 Å². The summed E-state index contributed by atoms with van der Waals surface area (Å²) >= 11 is 7.14. The van der Waals surface area contributed by atoms with Crippen molar-refractivity contribution in [2.45, 2.75) is 36.7 Å². The summed E-state index contributed by atoms with van der Waals surface area (Å²) in [6.07, 6.45) is 2.03. The first-order valence-corrected chi connectivity index (χ1v) is 10.6. The molecule has 1 aromatic carbocycles. The Balaban J connectivity index is 1.73. The molecule has 2 heterocycles. The molecule has 0 saturated heterocycles. The number of aliphatic imine (C=N–C) groups is 1. The Morgan fingerprint density at radius 3 is 2.80 bits per heavy atom. The van der Waals surface area contributed by atoms with Crippen LogP contribution in [0.1, 0.15) is 40.5 Å². The molecule has 9 heteroatoms. The highest BCUT2D eigenvalue weighted by molar-refractivity contribution is 8.15. The number of pyridine rings is 1. The van der Waals surface area contributed by atoms with E-state index >= 15 is 4.39 Å². The van der Waals surface area contributed by atoms with E-state index < -0.39 is 22.7 Å². The molecule has 4 N–H and O–H groups in total. The van der Waals surface area contributed by atoms with Crippen molar-refractivity contribution in [1.29, 1.82) is 0 Å². The van der Waals surface area contributed by atoms with E-state index in [0.29, 0.717) is 17.0 Å². The fourth-order valence-corrected chi connectivity index (χ4v) is 5.71. The van der Waals surface area contributed by atoms with E-state index in [0.717, 1.165) is 0 Å². The van der Waals surface area contributed by atoms with Gasteiger partial charge >= 0.3 is 0 Å². The number of aliphatic hydroxyl groups excluding tert-OH is 2. The number of rotatable bonds is 6. The maximum Gasteiger partial charge on any atom is 0.185 e. The van der Waals surface area contributed by atoms with Gasteiger partial charge in [-0.05, 0) is 37.1 Å². The highest BCUT2D eigenvalue weighted by atomic mass is 35.5. The summed E-state index contributed by atoms with van der Waals surface area (Å²) in [5.74, 6) is -0.920. The standard InChI is InChI=1S/C21H21ClFN3O3S/c1-20(17-7-21(17,10-28)30-19(24)26-20)14-5-11(4-12(9-27)18(14)23)6-16(29)15-3-2-13(22)8-25-15/h2-5,8,17,27-28H,6-7,9-10H2,1H3,(H2,24,26)/t17-,20+,21+/m0/s1. The van der Waals surface area contributed by atoms with Gasteiger partial charge in [0, 0.05) is 29.7 Å². The van der Waals surface area contributed by atoms with Gasteiger partial charge < -0.3 is 15.9 Å². The third-order valence-electron chi connectivity index (χ3n) is 5.92. The number of aliphatic hydroxyl groups is 2. The third-order valence-corrected chi connectivity index (χ3v) is 7.43. The molecule has 0 amide bonds. The summed E-state index contributed by atoms with van der Waals surface area (Å²) in [4.78, 5) is 21.2. The summed E-state index contributed by atoms with van der Waals surface area (Å²) in [7, 11) is 0. The van der Waals surface area contributed by atoms with E-state index in [1.165, 1.54) is 30.1 Å². The van der Waals surface area contributed by atoms with Crippen LogP contribution in [0.15, 0.2) is 35.5 Å². The van der Waals surface area contributed by atoms with Gasteiger partial charge in [0.05, 0.1) is 28.5 Å². The van der Waals surface area contributed by atoms with Gasteiger partial charge in [-0.3, -0.25) is 14.8 Å². The third kappa shape index (κ3) is 3.51. The molecule has 3 atom stereocenters. The topological polar surface area (TPSA) is 109 Å². The molecule has 1 aromatic heterocycles. The Labute approximate surface area is 182 Å². The smallest absolute Gasteiger partial charge is 0.185 e. The van der Waals surface area contributed by atoms with Crippen LogP contribution >= 0.6 is 23.4 Å². The van der Waals surface area contributed by atoms with E-state index in [4.69, 9.17) is 17.3 Å². The molecule has 0 spiro atoms. The van der Waals surface area contributed by atoms with Crippen LogP contribution in [0.5, 0.6) is 0 Å². The van der Waals surface area contributed by atoms with Crippen molar-refractivity contribution < 1.29 is 19.4 Å². The molecule has 158 valence electrons. The van der Waals surface area contributed by atoms with Crippen LogP contribution in [0.2, 0.25) is 5.02 Å². The number of hydrogen-bond acceptors (Lipinski definition) is 7. The van der Waals surface area contributed by atoms with Crippen molar-refractivity contribution in [3.63, 3.8) is 0 Å². The van der Waals surface area contributed by atoms with Gasteiger partial charge in [-0.25, -0.2) is 4.39 Å². The van der Waals surface area contributed by atoms with E-state index in [9.17, 15) is 15.0 Å². The number of carbonyl (C=O) groups is 1. The molecule has 0 bridgehead atoms. The fourth-order valence-electron chi connectivity index (χ4n) is 4.26. The second-order valence-corrected chi connectivity index (χ2v) is 9.79. The molecule has 6 nitrogen and oxygen atoms in total. The zero-order valence-corrected chi connectivity index (χ0v) is 17.8. The van der Waals surface area contributed by atoms with Crippen molar-refractivity contribution in [1.82, 2.24) is 4.98 Å². The summed E-state index contributed by atoms with van der Waals surface area (Å²) in [6, 6.07) is 6.20. The minimum Gasteiger partial charge on any atom is -0.395 e. The molecule has 0 radical (unpaired) electrons. The van der Waals surface area contributed by atoms with E-state index in [1.54, 1.807) is 19.1 Å². The zero-order valence-electron chi connectivity index (χ0n) is 16.2. The summed E-state index contributed by atoms with van der Waals surface area (Å²) in [6.45, 7) is 1.19. The number of fused-ring (bicyclic) bond motifs is 1. The number of aromatic nitrogens is 1. The number of carbonyl (C=O) groups excluding carboxylic acids is 1. The van der Waals surface area contributed by atoms with Gasteiger partial charge in [0.2, 0.25) is 0 Å². The Bertz CT molecular complexity index is 1050. The lowest BCUT2D eigenvalue weighted by Crippen LogP contribution is -2.37. The maximum absolute atomic E-state index is 15.3. The van der Waals surface area contributed by atoms with Crippen molar-refractivity contribution >= 4 is 34.3 Å². The predicted octanol–water partition coefficient (Wildman–Crippen LogP) is 2.82. The first kappa shape index (κ1) is 21.2. The van der Waals surface area contributed by atoms with Crippen molar-refractivity contribution in [2.75, 3.05) is 6.61 Å². The number of ketones is 1. The monoisotopic (exact) mass is 449 g/mol. The first-order chi connectivity index (χ1) is 14.2. The molecule has 2 aromatic rings. The van der Waals surface area contributed by atoms with Crippen LogP contribution in [0.4, 0.5) is 4.39 Å². The molecule has 1 aliphatic carbocycles. The molecule has 30 heavy (non-hydrogen) atoms. The lowest BCUT2D eigenvalue weighted by atomic mass is 9.83. The van der Waals surface area contributed by atoms with E-state index in [2.05, 4.69) is 9.98 Å². The van der Waals surface area contributed by atoms with Crippen molar-refractivity contribution in [3.05, 3.63) is 63.7 Å². The van der Waals surface area contributed by atoms with Crippen molar-refractivity contribution in [3.8, 4) is 0 Å². The number of Topliss-reactive ketones (excluding diaryl/α,β-unsaturated/α-hetero) is 1. The lowest BCUT2D eigenvalue weighted by molar-refractivity contribution is 0.0988. The second-order valence-electron chi connectivity index (χ2n) is 7.92. The van der Waals surface area contributed by atoms with Crippen LogP contribution in [0.25, 0.3) is 0 Å². The molecule has 0 unspecified atom stereocenters. The fraction of sp³-hybridized carbons (Fsp3) is 0.381. The van der Waals surface area contributed by atoms with Crippen LogP contribution in [-0.2, 0) is 18.6 Å². The largest absolute Gasteiger partial charge is 0.395 e. The van der Waals surface area contributed by atoms with Gasteiger partial charge in [0.25, 0.3) is 0 Å². The Hall–Kier alpha value is -2.00. The minimum atomic E-state index is -0.996. The molecule has 2 aliphatic rings. The molecule has 4 rings (SSSR count). The Kier molecular flexibility index (Phi) is 5.38. The van der Waals surface area contributed by atoms with Crippen LogP contribution < -0.4 is 5.73 Å². The zero-order chi connectivity index (χ0) is 21.7. The Morgan fingerprint density at radius 1 is 1.40 bits per heavy atom. The number of halogens is 2. The number of amidine groups is 1. The van der Waals surface area contributed by atoms with Crippen LogP contribution in [0, 0.1) is 11.7 Å². The molecular weight excluding hydrogens is 429 g/mol. The average Bonchev–Trinajstić information content (AvgIpc) is 3.45. The molecule has 1 saturated carbocycles. The van der Waals surface area contributed by atoms with E-state index in [1.807, 2.05) is 0 Å². The van der Waals surface area contributed by atoms with Crippen LogP contribution in [-0.4, -0.2) is 37.5 Å². The van der Waals surface area contributed by atoms with Crippen molar-refractivity contribution in [2.24, 2.45) is 16.6 Å². The summed E-state index contributed by atoms with van der Waals surface area (Å²) < 4.78 is 14.8. The quantitative estimate of drug-likeness (QED) is 0.585. The number of benzene rings is 1. The Morgan fingerprint density at radius 2 is 2.17 bits per heavy atom. The first-order valence-electron chi connectivity index (χ1n) is 9.45. The molecule has 1 fully saturated rings. The predicted molar refractivity (Wildman–Crippen MR) is 114 cm³/mol. The van der Waals surface area contributed by atoms with Gasteiger partial charge in [0.1, 0.15) is 11.5 Å².